The zero-order valence-corrected chi connectivity index (χ0v) is 20.4. The van der Waals surface area contributed by atoms with Gasteiger partial charge in [0, 0.05) is 38.5 Å². The number of nitrogens with zero attached hydrogens (tertiary/aromatic N) is 6. The minimum Gasteiger partial charge on any atom is -0.474 e. The molecule has 0 unspecified atom stereocenters. The Bertz CT molecular complexity index is 1180. The van der Waals surface area contributed by atoms with Crippen molar-refractivity contribution in [1.82, 2.24) is 29.6 Å². The van der Waals surface area contributed by atoms with E-state index in [0.717, 1.165) is 6.07 Å². The van der Waals surface area contributed by atoms with Crippen LogP contribution in [0.1, 0.15) is 37.8 Å². The maximum atomic E-state index is 14.8. The van der Waals surface area contributed by atoms with Crippen molar-refractivity contribution in [2.75, 3.05) is 18.4 Å². The van der Waals surface area contributed by atoms with E-state index in [-0.39, 0.29) is 36.0 Å². The molecule has 10 nitrogen and oxygen atoms in total. The van der Waals surface area contributed by atoms with E-state index >= 15 is 0 Å². The first-order valence-corrected chi connectivity index (χ1v) is 11.8. The lowest BCUT2D eigenvalue weighted by Gasteiger charge is -2.32. The first kappa shape index (κ1) is 25.3. The van der Waals surface area contributed by atoms with E-state index in [9.17, 15) is 13.6 Å². The van der Waals surface area contributed by atoms with Crippen LogP contribution in [0.3, 0.4) is 0 Å². The fourth-order valence-corrected chi connectivity index (χ4v) is 3.86. The second-order valence-electron chi connectivity index (χ2n) is 8.85. The van der Waals surface area contributed by atoms with E-state index in [2.05, 4.69) is 25.4 Å². The molecular weight excluding hydrogens is 472 g/mol. The van der Waals surface area contributed by atoms with Crippen LogP contribution >= 0.6 is 0 Å². The zero-order chi connectivity index (χ0) is 25.7. The summed E-state index contributed by atoms with van der Waals surface area (Å²) < 4.78 is 42.3. The summed E-state index contributed by atoms with van der Waals surface area (Å²) >= 11 is 0. The van der Waals surface area contributed by atoms with Crippen molar-refractivity contribution in [3.63, 3.8) is 0 Å². The Balaban J connectivity index is 1.38. The van der Waals surface area contributed by atoms with Crippen molar-refractivity contribution < 1.29 is 23.0 Å². The number of carbonyl (C=O) groups is 1. The van der Waals surface area contributed by atoms with Crippen LogP contribution in [0.2, 0.25) is 0 Å². The SMILES string of the molecule is Cc1c(Nc2cc(F)c(CCn3cncn3)cc2F)ncnc1OC1CCN(C(=O)OC(C)C)CC1. The minimum absolute atomic E-state index is 0.0401. The number of ether oxygens (including phenoxy) is 2. The van der Waals surface area contributed by atoms with Gasteiger partial charge in [-0.15, -0.1) is 0 Å². The van der Waals surface area contributed by atoms with E-state index in [4.69, 9.17) is 9.47 Å². The predicted molar refractivity (Wildman–Crippen MR) is 127 cm³/mol. The van der Waals surface area contributed by atoms with Gasteiger partial charge in [0.2, 0.25) is 5.88 Å². The molecule has 0 atom stereocenters. The lowest BCUT2D eigenvalue weighted by molar-refractivity contribution is 0.0505. The Morgan fingerprint density at radius 1 is 1.17 bits per heavy atom. The summed E-state index contributed by atoms with van der Waals surface area (Å²) in [5.41, 5.74) is 0.761. The summed E-state index contributed by atoms with van der Waals surface area (Å²) in [4.78, 5) is 26.0. The fraction of sp³-hybridized carbons (Fsp3) is 0.458. The Kier molecular flexibility index (Phi) is 7.91. The summed E-state index contributed by atoms with van der Waals surface area (Å²) in [5, 5.41) is 6.82. The Labute approximate surface area is 207 Å². The number of aromatic nitrogens is 5. The van der Waals surface area contributed by atoms with Crippen LogP contribution in [0.25, 0.3) is 0 Å². The molecule has 1 saturated heterocycles. The Hall–Kier alpha value is -3.83. The predicted octanol–water partition coefficient (Wildman–Crippen LogP) is 4.03. The molecule has 0 bridgehead atoms. The van der Waals surface area contributed by atoms with Crippen LogP contribution in [0, 0.1) is 18.6 Å². The van der Waals surface area contributed by atoms with Gasteiger partial charge in [-0.05, 0) is 38.8 Å². The topological polar surface area (TPSA) is 107 Å². The van der Waals surface area contributed by atoms with Gasteiger partial charge in [0.25, 0.3) is 0 Å². The summed E-state index contributed by atoms with van der Waals surface area (Å²) in [5.74, 6) is -0.483. The van der Waals surface area contributed by atoms with Gasteiger partial charge < -0.3 is 19.7 Å². The molecule has 1 N–H and O–H groups in total. The van der Waals surface area contributed by atoms with Crippen molar-refractivity contribution in [1.29, 1.82) is 0 Å². The van der Waals surface area contributed by atoms with Crippen LogP contribution in [0.5, 0.6) is 5.88 Å². The number of halogens is 2. The van der Waals surface area contributed by atoms with Gasteiger partial charge >= 0.3 is 6.09 Å². The van der Waals surface area contributed by atoms with Gasteiger partial charge in [-0.2, -0.15) is 5.10 Å². The molecular formula is C24H29F2N7O3. The summed E-state index contributed by atoms with van der Waals surface area (Å²) in [7, 11) is 0. The summed E-state index contributed by atoms with van der Waals surface area (Å²) in [6.45, 7) is 6.78. The second-order valence-corrected chi connectivity index (χ2v) is 8.85. The van der Waals surface area contributed by atoms with Gasteiger partial charge in [-0.25, -0.2) is 28.5 Å². The van der Waals surface area contributed by atoms with Crippen molar-refractivity contribution >= 4 is 17.6 Å². The first-order valence-electron chi connectivity index (χ1n) is 11.8. The Morgan fingerprint density at radius 3 is 2.64 bits per heavy atom. The molecule has 1 aromatic carbocycles. The van der Waals surface area contributed by atoms with E-state index in [0.29, 0.717) is 49.7 Å². The number of piperidine rings is 1. The molecule has 192 valence electrons. The van der Waals surface area contributed by atoms with E-state index < -0.39 is 11.6 Å². The smallest absolute Gasteiger partial charge is 0.410 e. The highest BCUT2D eigenvalue weighted by molar-refractivity contribution is 5.68. The highest BCUT2D eigenvalue weighted by atomic mass is 19.1. The van der Waals surface area contributed by atoms with E-state index in [1.807, 2.05) is 13.8 Å². The fourth-order valence-electron chi connectivity index (χ4n) is 3.86. The number of anilines is 2. The van der Waals surface area contributed by atoms with Crippen LogP contribution in [-0.4, -0.2) is 61.0 Å². The molecule has 1 amide bonds. The number of rotatable bonds is 8. The van der Waals surface area contributed by atoms with Crippen molar-refractivity contribution in [3.8, 4) is 5.88 Å². The number of benzene rings is 1. The van der Waals surface area contributed by atoms with Crippen LogP contribution < -0.4 is 10.1 Å². The number of hydrogen-bond acceptors (Lipinski definition) is 8. The molecule has 1 fully saturated rings. The highest BCUT2D eigenvalue weighted by Gasteiger charge is 2.26. The molecule has 1 aliphatic heterocycles. The average molecular weight is 502 g/mol. The lowest BCUT2D eigenvalue weighted by atomic mass is 10.1. The molecule has 1 aliphatic rings. The molecule has 0 spiro atoms. The van der Waals surface area contributed by atoms with Gasteiger partial charge in [-0.3, -0.25) is 4.68 Å². The molecule has 3 heterocycles. The monoisotopic (exact) mass is 501 g/mol. The zero-order valence-electron chi connectivity index (χ0n) is 20.4. The maximum Gasteiger partial charge on any atom is 0.410 e. The second kappa shape index (κ2) is 11.3. The van der Waals surface area contributed by atoms with Crippen molar-refractivity contribution in [3.05, 3.63) is 53.9 Å². The quantitative estimate of drug-likeness (QED) is 0.493. The van der Waals surface area contributed by atoms with Gasteiger partial charge in [0.05, 0.1) is 17.4 Å². The normalized spacial score (nSPS) is 14.2. The Morgan fingerprint density at radius 2 is 1.94 bits per heavy atom. The third kappa shape index (κ3) is 6.23. The van der Waals surface area contributed by atoms with E-state index in [1.54, 1.807) is 16.5 Å². The lowest BCUT2D eigenvalue weighted by Crippen LogP contribution is -2.42. The van der Waals surface area contributed by atoms with Crippen LogP contribution in [0.4, 0.5) is 25.1 Å². The first-order chi connectivity index (χ1) is 17.3. The summed E-state index contributed by atoms with van der Waals surface area (Å²) in [6, 6.07) is 2.28. The van der Waals surface area contributed by atoms with Gasteiger partial charge in [0.15, 0.2) is 0 Å². The number of likely N-dealkylation sites (tertiary alicyclic amines) is 1. The third-order valence-corrected chi connectivity index (χ3v) is 5.82. The van der Waals surface area contributed by atoms with E-state index in [1.165, 1.54) is 25.0 Å². The average Bonchev–Trinajstić information content (AvgIpc) is 3.36. The largest absolute Gasteiger partial charge is 0.474 e. The minimum atomic E-state index is -0.605. The molecule has 3 aromatic rings. The standard InChI is InChI=1S/C24H29F2N7O3/c1-15(2)35-24(34)32-7-5-18(6-8-32)36-23-16(3)22(28-13-29-23)31-21-11-19(25)17(10-20(21)26)4-9-33-14-27-12-30-33/h10-15,18H,4-9H2,1-3H3,(H,28,29,31). The highest BCUT2D eigenvalue weighted by Crippen LogP contribution is 2.29. The molecule has 0 radical (unpaired) electrons. The van der Waals surface area contributed by atoms with Crippen LogP contribution in [0.15, 0.2) is 31.1 Å². The molecule has 0 saturated carbocycles. The number of hydrogen-bond donors (Lipinski definition) is 1. The molecule has 12 heteroatoms. The van der Waals surface area contributed by atoms with Gasteiger partial charge in [-0.1, -0.05) is 0 Å². The molecule has 0 aliphatic carbocycles. The number of aryl methyl sites for hydroxylation is 2. The van der Waals surface area contributed by atoms with Gasteiger partial charge in [0.1, 0.15) is 42.5 Å². The molecule has 4 rings (SSSR count). The van der Waals surface area contributed by atoms with Crippen molar-refractivity contribution in [2.45, 2.75) is 58.8 Å². The van der Waals surface area contributed by atoms with Crippen LogP contribution in [-0.2, 0) is 17.7 Å². The van der Waals surface area contributed by atoms with Crippen molar-refractivity contribution in [2.24, 2.45) is 0 Å². The number of amides is 1. The maximum absolute atomic E-state index is 14.8. The molecule has 36 heavy (non-hydrogen) atoms. The third-order valence-electron chi connectivity index (χ3n) is 5.82. The number of carbonyl (C=O) groups excluding carboxylic acids is 1. The number of nitrogens with one attached hydrogen (secondary N) is 1. The summed E-state index contributed by atoms with van der Waals surface area (Å²) in [6.07, 6.45) is 5.08. The molecule has 2 aromatic heterocycles.